The number of rotatable bonds is 11. The summed E-state index contributed by atoms with van der Waals surface area (Å²) in [6.07, 6.45) is 1.27. The van der Waals surface area contributed by atoms with Crippen LogP contribution in [0.3, 0.4) is 0 Å². The SMILES string of the molecule is CC(C)C(N)C(=O)N1CCCC1C(=O)NCC(=O)NC(Cc1ccccc1)C(=O)NCC(=O)O. The number of hydrogen-bond acceptors (Lipinski definition) is 6. The number of nitrogens with zero attached hydrogens (tertiary/aromatic N) is 1. The maximum absolute atomic E-state index is 12.7. The predicted molar refractivity (Wildman–Crippen MR) is 123 cm³/mol. The summed E-state index contributed by atoms with van der Waals surface area (Å²) in [5.74, 6) is -3.31. The molecule has 1 heterocycles. The highest BCUT2D eigenvalue weighted by Gasteiger charge is 2.37. The summed E-state index contributed by atoms with van der Waals surface area (Å²) in [6.45, 7) is 3.10. The highest BCUT2D eigenvalue weighted by atomic mass is 16.4. The molecule has 2 rings (SSSR count). The molecule has 0 saturated carbocycles. The van der Waals surface area contributed by atoms with Crippen molar-refractivity contribution in [1.82, 2.24) is 20.9 Å². The topological polar surface area (TPSA) is 171 Å². The molecule has 3 unspecified atom stereocenters. The number of hydrogen-bond donors (Lipinski definition) is 5. The molecule has 1 aromatic carbocycles. The first-order valence-electron chi connectivity index (χ1n) is 11.3. The minimum absolute atomic E-state index is 0.0728. The molecule has 0 spiro atoms. The Kier molecular flexibility index (Phi) is 9.99. The van der Waals surface area contributed by atoms with Gasteiger partial charge in [0.05, 0.1) is 12.6 Å². The molecule has 11 heteroatoms. The van der Waals surface area contributed by atoms with Crippen molar-refractivity contribution in [3.8, 4) is 0 Å². The van der Waals surface area contributed by atoms with Gasteiger partial charge in [-0.1, -0.05) is 44.2 Å². The zero-order valence-corrected chi connectivity index (χ0v) is 19.5. The largest absolute Gasteiger partial charge is 0.480 e. The van der Waals surface area contributed by atoms with Gasteiger partial charge < -0.3 is 31.7 Å². The Morgan fingerprint density at radius 2 is 1.76 bits per heavy atom. The van der Waals surface area contributed by atoms with Gasteiger partial charge in [0.15, 0.2) is 0 Å². The lowest BCUT2D eigenvalue weighted by Crippen LogP contribution is -2.54. The van der Waals surface area contributed by atoms with Crippen LogP contribution in [0.25, 0.3) is 0 Å². The quantitative estimate of drug-likeness (QED) is 0.273. The second kappa shape index (κ2) is 12.7. The van der Waals surface area contributed by atoms with Gasteiger partial charge in [0, 0.05) is 13.0 Å². The van der Waals surface area contributed by atoms with E-state index in [9.17, 15) is 24.0 Å². The van der Waals surface area contributed by atoms with Gasteiger partial charge in [-0.25, -0.2) is 0 Å². The summed E-state index contributed by atoms with van der Waals surface area (Å²) >= 11 is 0. The zero-order valence-electron chi connectivity index (χ0n) is 19.5. The number of benzene rings is 1. The van der Waals surface area contributed by atoms with Crippen LogP contribution in [0.4, 0.5) is 0 Å². The first-order chi connectivity index (χ1) is 16.1. The number of likely N-dealkylation sites (tertiary alicyclic amines) is 1. The molecule has 1 aromatic rings. The van der Waals surface area contributed by atoms with E-state index in [0.717, 1.165) is 5.56 Å². The molecule has 1 aliphatic rings. The van der Waals surface area contributed by atoms with Crippen molar-refractivity contribution in [3.05, 3.63) is 35.9 Å². The van der Waals surface area contributed by atoms with Crippen molar-refractivity contribution in [2.24, 2.45) is 11.7 Å². The van der Waals surface area contributed by atoms with Gasteiger partial charge in [0.2, 0.25) is 23.6 Å². The minimum atomic E-state index is -1.21. The first kappa shape index (κ1) is 26.8. The molecule has 1 saturated heterocycles. The van der Waals surface area contributed by atoms with E-state index in [0.29, 0.717) is 19.4 Å². The van der Waals surface area contributed by atoms with E-state index in [2.05, 4.69) is 16.0 Å². The summed E-state index contributed by atoms with van der Waals surface area (Å²) in [6, 6.07) is 6.48. The Bertz CT molecular complexity index is 891. The van der Waals surface area contributed by atoms with Crippen LogP contribution in [-0.4, -0.2) is 77.4 Å². The number of nitrogens with two attached hydrogens (primary N) is 1. The lowest BCUT2D eigenvalue weighted by atomic mass is 10.0. The maximum atomic E-state index is 12.7. The van der Waals surface area contributed by atoms with Crippen molar-refractivity contribution in [2.45, 2.75) is 51.2 Å². The highest BCUT2D eigenvalue weighted by molar-refractivity contribution is 5.94. The van der Waals surface area contributed by atoms with Crippen LogP contribution in [0.1, 0.15) is 32.3 Å². The average molecular weight is 476 g/mol. The number of carbonyl (C=O) groups excluding carboxylic acids is 4. The normalized spacial score (nSPS) is 17.1. The Hall–Kier alpha value is -3.47. The maximum Gasteiger partial charge on any atom is 0.322 e. The lowest BCUT2D eigenvalue weighted by molar-refractivity contribution is -0.140. The van der Waals surface area contributed by atoms with Crippen LogP contribution in [0.5, 0.6) is 0 Å². The monoisotopic (exact) mass is 475 g/mol. The van der Waals surface area contributed by atoms with Crippen LogP contribution < -0.4 is 21.7 Å². The molecule has 186 valence electrons. The predicted octanol–water partition coefficient (Wildman–Crippen LogP) is -0.995. The van der Waals surface area contributed by atoms with Crippen LogP contribution >= 0.6 is 0 Å². The van der Waals surface area contributed by atoms with Crippen molar-refractivity contribution in [3.63, 3.8) is 0 Å². The van der Waals surface area contributed by atoms with Gasteiger partial charge in [-0.15, -0.1) is 0 Å². The van der Waals surface area contributed by atoms with E-state index >= 15 is 0 Å². The van der Waals surface area contributed by atoms with E-state index in [1.807, 2.05) is 19.9 Å². The van der Waals surface area contributed by atoms with Gasteiger partial charge in [0.1, 0.15) is 18.6 Å². The lowest BCUT2D eigenvalue weighted by Gasteiger charge is -2.28. The second-order valence-corrected chi connectivity index (χ2v) is 8.60. The van der Waals surface area contributed by atoms with Crippen LogP contribution in [0.15, 0.2) is 30.3 Å². The van der Waals surface area contributed by atoms with Crippen LogP contribution in [0, 0.1) is 5.92 Å². The Morgan fingerprint density at radius 3 is 2.38 bits per heavy atom. The molecule has 1 fully saturated rings. The fraction of sp³-hybridized carbons (Fsp3) is 0.522. The van der Waals surface area contributed by atoms with Crippen molar-refractivity contribution in [1.29, 1.82) is 0 Å². The van der Waals surface area contributed by atoms with Crippen molar-refractivity contribution in [2.75, 3.05) is 19.6 Å². The molecular weight excluding hydrogens is 442 g/mol. The number of amides is 4. The number of nitrogens with one attached hydrogen (secondary N) is 3. The summed E-state index contributed by atoms with van der Waals surface area (Å²) in [5.41, 5.74) is 6.72. The van der Waals surface area contributed by atoms with Gasteiger partial charge in [-0.3, -0.25) is 24.0 Å². The van der Waals surface area contributed by atoms with Gasteiger partial charge >= 0.3 is 5.97 Å². The Balaban J connectivity index is 1.96. The second-order valence-electron chi connectivity index (χ2n) is 8.60. The highest BCUT2D eigenvalue weighted by Crippen LogP contribution is 2.19. The fourth-order valence-corrected chi connectivity index (χ4v) is 3.66. The molecule has 4 amide bonds. The molecule has 1 aliphatic heterocycles. The third-order valence-corrected chi connectivity index (χ3v) is 5.61. The van der Waals surface area contributed by atoms with Crippen molar-refractivity contribution >= 4 is 29.6 Å². The molecule has 11 nitrogen and oxygen atoms in total. The Morgan fingerprint density at radius 1 is 1.09 bits per heavy atom. The fourth-order valence-electron chi connectivity index (χ4n) is 3.66. The molecule has 34 heavy (non-hydrogen) atoms. The smallest absolute Gasteiger partial charge is 0.322 e. The average Bonchev–Trinajstić information content (AvgIpc) is 3.30. The summed E-state index contributed by atoms with van der Waals surface area (Å²) < 4.78 is 0. The van der Waals surface area contributed by atoms with E-state index in [1.54, 1.807) is 24.3 Å². The van der Waals surface area contributed by atoms with Crippen LogP contribution in [-0.2, 0) is 30.4 Å². The van der Waals surface area contributed by atoms with Gasteiger partial charge in [-0.2, -0.15) is 0 Å². The number of carboxylic acids is 1. The van der Waals surface area contributed by atoms with Gasteiger partial charge in [0.25, 0.3) is 0 Å². The van der Waals surface area contributed by atoms with E-state index in [-0.39, 0.29) is 18.2 Å². The summed E-state index contributed by atoms with van der Waals surface area (Å²) in [7, 11) is 0. The van der Waals surface area contributed by atoms with E-state index < -0.39 is 54.9 Å². The molecule has 6 N–H and O–H groups in total. The number of carbonyl (C=O) groups is 5. The molecule has 0 aliphatic carbocycles. The molecule has 0 aromatic heterocycles. The molecule has 3 atom stereocenters. The van der Waals surface area contributed by atoms with E-state index in [4.69, 9.17) is 10.8 Å². The summed E-state index contributed by atoms with van der Waals surface area (Å²) in [5, 5.41) is 16.1. The van der Waals surface area contributed by atoms with Crippen molar-refractivity contribution < 1.29 is 29.1 Å². The number of aliphatic carboxylic acids is 1. The molecular formula is C23H33N5O6. The zero-order chi connectivity index (χ0) is 25.3. The van der Waals surface area contributed by atoms with Crippen LogP contribution in [0.2, 0.25) is 0 Å². The standard InChI is InChI=1S/C23H33N5O6/c1-14(2)20(24)23(34)28-10-6-9-17(28)22(33)25-12-18(29)27-16(21(32)26-13-19(30)31)11-15-7-4-3-5-8-15/h3-5,7-8,14,16-17,20H,6,9-13,24H2,1-2H3,(H,25,33)(H,26,32)(H,27,29)(H,30,31). The third kappa shape index (κ3) is 7.84. The molecule has 0 radical (unpaired) electrons. The first-order valence-corrected chi connectivity index (χ1v) is 11.3. The summed E-state index contributed by atoms with van der Waals surface area (Å²) in [4.78, 5) is 62.4. The molecule has 0 bridgehead atoms. The minimum Gasteiger partial charge on any atom is -0.480 e. The van der Waals surface area contributed by atoms with E-state index in [1.165, 1.54) is 4.90 Å². The van der Waals surface area contributed by atoms with Gasteiger partial charge in [-0.05, 0) is 24.3 Å². The Labute approximate surface area is 198 Å². The number of carboxylic acid groups (broad SMARTS) is 1. The third-order valence-electron chi connectivity index (χ3n) is 5.61.